The van der Waals surface area contributed by atoms with Crippen LogP contribution in [0.25, 0.3) is 11.0 Å². The molecule has 1 amide bonds. The maximum Gasteiger partial charge on any atom is 0.374 e. The van der Waals surface area contributed by atoms with Gasteiger partial charge in [-0.05, 0) is 67.8 Å². The van der Waals surface area contributed by atoms with Gasteiger partial charge in [-0.15, -0.1) is 0 Å². The fraction of sp³-hybridized carbons (Fsp3) is 0.615. The fourth-order valence-electron chi connectivity index (χ4n) is 5.70. The summed E-state index contributed by atoms with van der Waals surface area (Å²) in [5.41, 5.74) is 1.32. The second kappa shape index (κ2) is 10.3. The Morgan fingerprint density at radius 1 is 1.03 bits per heavy atom. The van der Waals surface area contributed by atoms with Crippen molar-refractivity contribution in [3.05, 3.63) is 30.0 Å². The number of carbonyl (C=O) groups is 2. The van der Waals surface area contributed by atoms with E-state index < -0.39 is 5.97 Å². The molecule has 5 rings (SSSR count). The fourth-order valence-corrected chi connectivity index (χ4v) is 5.70. The van der Waals surface area contributed by atoms with Gasteiger partial charge in [0.2, 0.25) is 11.7 Å². The topological polar surface area (TPSA) is 89.8 Å². The van der Waals surface area contributed by atoms with Gasteiger partial charge in [-0.25, -0.2) is 4.79 Å². The van der Waals surface area contributed by atoms with Gasteiger partial charge in [0.25, 0.3) is 0 Å². The molecule has 3 aliphatic rings. The number of ether oxygens (including phenoxy) is 2. The number of amides is 1. The minimum atomic E-state index is -0.450. The monoisotopic (exact) mass is 454 g/mol. The van der Waals surface area contributed by atoms with E-state index in [-0.39, 0.29) is 17.7 Å². The lowest BCUT2D eigenvalue weighted by atomic mass is 9.76. The summed E-state index contributed by atoms with van der Waals surface area (Å²) < 4.78 is 16.5. The molecule has 178 valence electrons. The highest BCUT2D eigenvalue weighted by Gasteiger charge is 2.38. The summed E-state index contributed by atoms with van der Waals surface area (Å²) in [6, 6.07) is 7.03. The minimum absolute atomic E-state index is 0.0296. The predicted octanol–water partition coefficient (Wildman–Crippen LogP) is 4.51. The Kier molecular flexibility index (Phi) is 6.97. The molecule has 1 aromatic heterocycles. The Morgan fingerprint density at radius 3 is 2.67 bits per heavy atom. The van der Waals surface area contributed by atoms with Gasteiger partial charge in [-0.1, -0.05) is 32.1 Å². The summed E-state index contributed by atoms with van der Waals surface area (Å²) in [6.45, 7) is 2.73. The molecule has 2 aromatic rings. The van der Waals surface area contributed by atoms with Crippen molar-refractivity contribution in [3.63, 3.8) is 0 Å². The Hall–Kier alpha value is -2.38. The summed E-state index contributed by atoms with van der Waals surface area (Å²) in [7, 11) is 0. The molecule has 2 N–H and O–H groups in total. The number of anilines is 1. The number of nitrogens with one attached hydrogen (secondary N) is 2. The van der Waals surface area contributed by atoms with Crippen molar-refractivity contribution in [2.45, 2.75) is 57.4 Å². The molecule has 0 unspecified atom stereocenters. The molecule has 0 bridgehead atoms. The van der Waals surface area contributed by atoms with Gasteiger partial charge in [0, 0.05) is 24.3 Å². The number of esters is 1. The van der Waals surface area contributed by atoms with Crippen LogP contribution in [0, 0.1) is 17.8 Å². The highest BCUT2D eigenvalue weighted by molar-refractivity contribution is 5.98. The van der Waals surface area contributed by atoms with Gasteiger partial charge < -0.3 is 24.5 Å². The Morgan fingerprint density at radius 2 is 1.85 bits per heavy atom. The summed E-state index contributed by atoms with van der Waals surface area (Å²) in [5, 5.41) is 7.27. The molecule has 2 atom stereocenters. The van der Waals surface area contributed by atoms with Gasteiger partial charge in [0.1, 0.15) is 5.58 Å². The average Bonchev–Trinajstić information content (AvgIpc) is 3.51. The first-order chi connectivity index (χ1) is 16.2. The second-order valence-corrected chi connectivity index (χ2v) is 9.79. The highest BCUT2D eigenvalue weighted by atomic mass is 16.5. The SMILES string of the molecule is O=C(OCC1CCOCC1)c1cc2cc(NC(=O)[C@@H]3NCC[C@H]3C3CCCCC3)ccc2o1. The molecule has 3 heterocycles. The van der Waals surface area contributed by atoms with Gasteiger partial charge in [-0.2, -0.15) is 0 Å². The van der Waals surface area contributed by atoms with E-state index in [1.807, 2.05) is 12.1 Å². The molecule has 2 aliphatic heterocycles. The second-order valence-electron chi connectivity index (χ2n) is 9.79. The number of fused-ring (bicyclic) bond motifs is 1. The lowest BCUT2D eigenvalue weighted by Gasteiger charge is -2.30. The number of benzene rings is 1. The Labute approximate surface area is 194 Å². The van der Waals surface area contributed by atoms with Crippen LogP contribution in [0.5, 0.6) is 0 Å². The van der Waals surface area contributed by atoms with E-state index in [1.165, 1.54) is 32.1 Å². The molecule has 0 spiro atoms. The molecule has 1 aromatic carbocycles. The Bertz CT molecular complexity index is 974. The summed E-state index contributed by atoms with van der Waals surface area (Å²) in [6.07, 6.45) is 9.27. The van der Waals surface area contributed by atoms with Crippen LogP contribution in [0.2, 0.25) is 0 Å². The van der Waals surface area contributed by atoms with Crippen LogP contribution < -0.4 is 10.6 Å². The summed E-state index contributed by atoms with van der Waals surface area (Å²) >= 11 is 0. The van der Waals surface area contributed by atoms with Gasteiger partial charge in [0.15, 0.2) is 0 Å². The first-order valence-corrected chi connectivity index (χ1v) is 12.5. The van der Waals surface area contributed by atoms with Crippen molar-refractivity contribution in [1.29, 1.82) is 0 Å². The number of hydrogen-bond donors (Lipinski definition) is 2. The molecule has 0 radical (unpaired) electrons. The molecule has 33 heavy (non-hydrogen) atoms. The molecule has 7 heteroatoms. The molecule has 1 saturated carbocycles. The largest absolute Gasteiger partial charge is 0.460 e. The van der Waals surface area contributed by atoms with E-state index in [0.717, 1.165) is 44.4 Å². The van der Waals surface area contributed by atoms with Crippen molar-refractivity contribution < 1.29 is 23.5 Å². The summed E-state index contributed by atoms with van der Waals surface area (Å²) in [4.78, 5) is 25.5. The molecular formula is C26H34N2O5. The number of rotatable bonds is 6. The number of furan rings is 1. The third-order valence-corrected chi connectivity index (χ3v) is 7.58. The van der Waals surface area contributed by atoms with Crippen LogP contribution in [0.15, 0.2) is 28.7 Å². The average molecular weight is 455 g/mol. The van der Waals surface area contributed by atoms with Crippen LogP contribution in [-0.2, 0) is 14.3 Å². The van der Waals surface area contributed by atoms with Crippen molar-refractivity contribution in [2.75, 3.05) is 31.7 Å². The molecule has 7 nitrogen and oxygen atoms in total. The molecule has 2 saturated heterocycles. The van der Waals surface area contributed by atoms with Crippen LogP contribution in [0.3, 0.4) is 0 Å². The van der Waals surface area contributed by atoms with E-state index in [9.17, 15) is 9.59 Å². The minimum Gasteiger partial charge on any atom is -0.460 e. The van der Waals surface area contributed by atoms with Gasteiger partial charge >= 0.3 is 5.97 Å². The normalized spacial score (nSPS) is 24.7. The zero-order chi connectivity index (χ0) is 22.6. The van der Waals surface area contributed by atoms with Gasteiger partial charge in [0.05, 0.1) is 12.6 Å². The van der Waals surface area contributed by atoms with E-state index in [4.69, 9.17) is 13.9 Å². The highest BCUT2D eigenvalue weighted by Crippen LogP contribution is 2.36. The first-order valence-electron chi connectivity index (χ1n) is 12.5. The van der Waals surface area contributed by atoms with Gasteiger partial charge in [-0.3, -0.25) is 4.79 Å². The van der Waals surface area contributed by atoms with Crippen molar-refractivity contribution in [1.82, 2.24) is 5.32 Å². The van der Waals surface area contributed by atoms with Crippen molar-refractivity contribution in [2.24, 2.45) is 17.8 Å². The van der Waals surface area contributed by atoms with Crippen LogP contribution in [0.4, 0.5) is 5.69 Å². The number of carbonyl (C=O) groups excluding carboxylic acids is 2. The lowest BCUT2D eigenvalue weighted by molar-refractivity contribution is -0.119. The summed E-state index contributed by atoms with van der Waals surface area (Å²) in [5.74, 6) is 1.18. The number of hydrogen-bond acceptors (Lipinski definition) is 6. The predicted molar refractivity (Wildman–Crippen MR) is 125 cm³/mol. The zero-order valence-corrected chi connectivity index (χ0v) is 19.1. The van der Waals surface area contributed by atoms with E-state index >= 15 is 0 Å². The molecule has 1 aliphatic carbocycles. The van der Waals surface area contributed by atoms with E-state index in [1.54, 1.807) is 12.1 Å². The Balaban J connectivity index is 1.21. The van der Waals surface area contributed by atoms with Crippen LogP contribution in [0.1, 0.15) is 61.9 Å². The standard InChI is InChI=1S/C26H34N2O5/c29-25(24-21(8-11-27-24)18-4-2-1-3-5-18)28-20-6-7-22-19(14-20)15-23(33-22)26(30)32-16-17-9-12-31-13-10-17/h6-7,14-15,17-18,21,24,27H,1-5,8-13,16H2,(H,28,29)/t21-,24+/m0/s1. The smallest absolute Gasteiger partial charge is 0.374 e. The van der Waals surface area contributed by atoms with Crippen LogP contribution >= 0.6 is 0 Å². The van der Waals surface area contributed by atoms with E-state index in [2.05, 4.69) is 10.6 Å². The quantitative estimate of drug-likeness (QED) is 0.624. The van der Waals surface area contributed by atoms with Crippen molar-refractivity contribution in [3.8, 4) is 0 Å². The third kappa shape index (κ3) is 5.25. The van der Waals surface area contributed by atoms with E-state index in [0.29, 0.717) is 35.6 Å². The zero-order valence-electron chi connectivity index (χ0n) is 19.1. The maximum atomic E-state index is 13.1. The molecule has 3 fully saturated rings. The maximum absolute atomic E-state index is 13.1. The lowest BCUT2D eigenvalue weighted by Crippen LogP contribution is -2.42. The van der Waals surface area contributed by atoms with Crippen LogP contribution in [-0.4, -0.2) is 44.3 Å². The first kappa shape index (κ1) is 22.4. The third-order valence-electron chi connectivity index (χ3n) is 7.58. The van der Waals surface area contributed by atoms with Crippen molar-refractivity contribution >= 4 is 28.5 Å². The molecular weight excluding hydrogens is 420 g/mol.